The van der Waals surface area contributed by atoms with E-state index in [-0.39, 0.29) is 43.3 Å². The van der Waals surface area contributed by atoms with Crippen molar-refractivity contribution in [2.45, 2.75) is 79.9 Å². The van der Waals surface area contributed by atoms with Crippen molar-refractivity contribution in [2.75, 3.05) is 4.90 Å². The van der Waals surface area contributed by atoms with Crippen molar-refractivity contribution in [1.82, 2.24) is 9.97 Å². The Bertz CT molecular complexity index is 3630. The predicted molar refractivity (Wildman–Crippen MR) is 310 cm³/mol. The van der Waals surface area contributed by atoms with E-state index in [1.807, 2.05) is 60.5 Å². The number of aromatic carboxylic acids is 1. The number of hydrogen-bond donors (Lipinski definition) is 1. The molecule has 0 aliphatic rings. The van der Waals surface area contributed by atoms with Gasteiger partial charge < -0.3 is 24.8 Å². The number of anilines is 2. The Labute approximate surface area is 456 Å². The van der Waals surface area contributed by atoms with Gasteiger partial charge in [0.05, 0.1) is 13.8 Å². The zero-order chi connectivity index (χ0) is 52.4. The Morgan fingerprint density at radius 1 is 0.680 bits per heavy atom. The van der Waals surface area contributed by atoms with Crippen molar-refractivity contribution in [2.24, 2.45) is 0 Å². The summed E-state index contributed by atoms with van der Waals surface area (Å²) in [4.78, 5) is 22.3. The van der Waals surface area contributed by atoms with Crippen LogP contribution in [0.25, 0.3) is 72.1 Å². The van der Waals surface area contributed by atoms with Crippen molar-refractivity contribution >= 4 is 58.4 Å². The Kier molecular flexibility index (Phi) is 16.1. The van der Waals surface area contributed by atoms with Crippen molar-refractivity contribution in [1.29, 1.82) is 0 Å². The van der Waals surface area contributed by atoms with Gasteiger partial charge in [0.1, 0.15) is 5.58 Å². The summed E-state index contributed by atoms with van der Waals surface area (Å²) in [6.45, 7) is 22.0. The van der Waals surface area contributed by atoms with Gasteiger partial charge in [0.25, 0.3) is 5.97 Å². The molecule has 7 nitrogen and oxygen atoms in total. The second-order valence-corrected chi connectivity index (χ2v) is 25.8. The first-order valence-electron chi connectivity index (χ1n) is 25.3. The fourth-order valence-corrected chi connectivity index (χ4v) is 10.6. The molecule has 3 heterocycles. The van der Waals surface area contributed by atoms with Crippen LogP contribution in [0.15, 0.2) is 174 Å². The minimum Gasteiger partial charge on any atom is -0.520 e. The quantitative estimate of drug-likeness (QED) is 0.0599. The van der Waals surface area contributed by atoms with Gasteiger partial charge in [-0.25, -0.2) is 0 Å². The maximum atomic E-state index is 13.0. The average molecular weight is 1180 g/mol. The largest absolute Gasteiger partial charge is 3.00 e. The van der Waals surface area contributed by atoms with Gasteiger partial charge in [-0.3, -0.25) is 9.78 Å². The number of amidine groups is 1. The number of fused-ring (bicyclic) bond motifs is 3. The van der Waals surface area contributed by atoms with Gasteiger partial charge in [0.15, 0.2) is 0 Å². The molecule has 0 saturated heterocycles. The average Bonchev–Trinajstić information content (AvgIpc) is 3.78. The van der Waals surface area contributed by atoms with Crippen LogP contribution in [0.5, 0.6) is 0 Å². The summed E-state index contributed by atoms with van der Waals surface area (Å²) in [5, 5.41) is 25.0. The number of hydrogen-bond acceptors (Lipinski definition) is 4. The molecule has 376 valence electrons. The number of rotatable bonds is 11. The number of carbonyl (C=O) groups is 1. The molecule has 0 atom stereocenters. The minimum absolute atomic E-state index is 0. The molecular formula is C66H61IrN4O3Si. The minimum atomic E-state index is -1.33. The fraction of sp³-hybridized carbons (Fsp3) is 0.182. The van der Waals surface area contributed by atoms with Crippen LogP contribution < -0.4 is 10.1 Å². The molecule has 0 radical (unpaired) electrons. The van der Waals surface area contributed by atoms with Crippen LogP contribution in [0.1, 0.15) is 83.4 Å². The Hall–Kier alpha value is -7.55. The smallest absolute Gasteiger partial charge is 0.520 e. The summed E-state index contributed by atoms with van der Waals surface area (Å²) in [6.07, 6.45) is 1.92. The van der Waals surface area contributed by atoms with Crippen LogP contribution in [0.4, 0.5) is 11.4 Å². The number of benzene rings is 7. The first-order chi connectivity index (χ1) is 35.5. The first kappa shape index (κ1) is 53.7. The standard InChI is InChI=1S/C51H45N3O.C15H16NO2Si.Ir/c1-31(2)44-27-33(5)28-45(32(3)4)49(44)54(46-29-34(6)53-48(35(46)7)39-17-12-9-13-18-39)51(52)43-20-14-19-42-41-26-25-40(30-47(41)55-50(42)43)38-23-21-37(22-24-38)36-15-10-8-11-16-36;1-19(2,3)13-8-9-14(16-10-13)11-4-6-12(7-5-11)15(17)18;/h8-19,21-32H,1-7H3;4,6-10H,1-3H3,(H,17,18);/q-2;-1;+3. The number of carboxylic acids is 1. The summed E-state index contributed by atoms with van der Waals surface area (Å²) >= 11 is 0. The van der Waals surface area contributed by atoms with Gasteiger partial charge in [-0.2, -0.15) is 0 Å². The van der Waals surface area contributed by atoms with Crippen LogP contribution >= 0.6 is 0 Å². The molecule has 0 saturated carbocycles. The molecule has 0 fully saturated rings. The number of furan rings is 1. The van der Waals surface area contributed by atoms with E-state index < -0.39 is 14.0 Å². The number of aryl methyl sites for hydroxylation is 2. The van der Waals surface area contributed by atoms with E-state index in [0.717, 1.165) is 83.8 Å². The van der Waals surface area contributed by atoms with E-state index in [4.69, 9.17) is 14.5 Å². The van der Waals surface area contributed by atoms with Gasteiger partial charge in [0.2, 0.25) is 0 Å². The zero-order valence-corrected chi connectivity index (χ0v) is 47.6. The molecule has 0 aliphatic carbocycles. The summed E-state index contributed by atoms with van der Waals surface area (Å²) in [5.74, 6) is -0.511. The van der Waals surface area contributed by atoms with E-state index in [1.54, 1.807) is 12.1 Å². The van der Waals surface area contributed by atoms with Gasteiger partial charge in [-0.05, 0) is 112 Å². The van der Waals surface area contributed by atoms with Crippen LogP contribution in [-0.4, -0.2) is 35.0 Å². The van der Waals surface area contributed by atoms with Gasteiger partial charge >= 0.3 is 20.1 Å². The maximum absolute atomic E-state index is 13.0. The summed E-state index contributed by atoms with van der Waals surface area (Å²) in [5.41, 5.74) is 17.3. The van der Waals surface area contributed by atoms with Crippen LogP contribution in [-0.2, 0) is 20.1 Å². The van der Waals surface area contributed by atoms with E-state index in [2.05, 4.69) is 181 Å². The van der Waals surface area contributed by atoms with E-state index in [9.17, 15) is 10.2 Å². The van der Waals surface area contributed by atoms with Gasteiger partial charge in [0, 0.05) is 28.4 Å². The molecule has 9 heteroatoms. The monoisotopic (exact) mass is 1180 g/mol. The third kappa shape index (κ3) is 11.4. The molecule has 0 aliphatic heterocycles. The van der Waals surface area contributed by atoms with E-state index in [0.29, 0.717) is 11.1 Å². The van der Waals surface area contributed by atoms with Crippen molar-refractivity contribution in [3.05, 3.63) is 227 Å². The second kappa shape index (κ2) is 22.5. The van der Waals surface area contributed by atoms with Gasteiger partial charge in [-0.15, -0.1) is 59.4 Å². The molecular weight excluding hydrogens is 1120 g/mol. The number of pyridine rings is 2. The molecule has 0 unspecified atom stereocenters. The summed E-state index contributed by atoms with van der Waals surface area (Å²) in [6, 6.07) is 61.4. The Morgan fingerprint density at radius 2 is 1.28 bits per heavy atom. The zero-order valence-electron chi connectivity index (χ0n) is 44.2. The Balaban J connectivity index is 0.000000315. The number of nitrogens with zero attached hydrogens (tertiary/aromatic N) is 4. The normalized spacial score (nSPS) is 11.4. The summed E-state index contributed by atoms with van der Waals surface area (Å²) < 4.78 is 6.75. The van der Waals surface area contributed by atoms with Gasteiger partial charge in [-0.1, -0.05) is 180 Å². The van der Waals surface area contributed by atoms with Crippen molar-refractivity contribution < 1.29 is 34.4 Å². The van der Waals surface area contributed by atoms with Crippen molar-refractivity contribution in [3.8, 4) is 44.8 Å². The van der Waals surface area contributed by atoms with Crippen molar-refractivity contribution in [3.63, 3.8) is 0 Å². The molecule has 3 aromatic heterocycles. The first-order valence-corrected chi connectivity index (χ1v) is 28.8. The van der Waals surface area contributed by atoms with E-state index >= 15 is 0 Å². The van der Waals surface area contributed by atoms with Crippen LogP contribution in [0.2, 0.25) is 19.6 Å². The maximum Gasteiger partial charge on any atom is 3.00 e. The molecule has 0 amide bonds. The topological polar surface area (TPSA) is 102 Å². The molecule has 75 heavy (non-hydrogen) atoms. The fourth-order valence-electron chi connectivity index (χ4n) is 9.54. The number of carboxylic acid groups (broad SMARTS) is 1. The Morgan fingerprint density at radius 3 is 1.84 bits per heavy atom. The molecule has 10 rings (SSSR count). The molecule has 0 spiro atoms. The second-order valence-electron chi connectivity index (χ2n) is 20.7. The van der Waals surface area contributed by atoms with Crippen LogP contribution in [0.3, 0.4) is 0 Å². The van der Waals surface area contributed by atoms with E-state index in [1.165, 1.54) is 27.9 Å². The summed E-state index contributed by atoms with van der Waals surface area (Å²) in [7, 11) is -1.33. The van der Waals surface area contributed by atoms with Crippen LogP contribution in [0, 0.1) is 32.9 Å². The molecule has 10 aromatic rings. The third-order valence-electron chi connectivity index (χ3n) is 13.6. The third-order valence-corrected chi connectivity index (χ3v) is 15.6. The molecule has 7 aromatic carbocycles. The number of aromatic nitrogens is 2. The predicted octanol–water partition coefficient (Wildman–Crippen LogP) is 16.9. The molecule has 0 bridgehead atoms. The SMILES string of the molecule is C[Si](C)(C)c1ccc(-c2[c-]cc(C(=O)O)cc2)nc1.Cc1cc(C(C)C)c(N(C(=[N-])c2[c-]ccc3c2oc2cc(-c4ccc(-c5ccccc5)cc4)ccc23)c2cc(C)nc(-c3ccccc3)c2C)c(C(C)C)c1.[Ir+3]. The molecule has 1 N–H and O–H groups in total.